The quantitative estimate of drug-likeness (QED) is 0.569. The zero-order chi connectivity index (χ0) is 19.7. The Hall–Kier alpha value is -3.45. The summed E-state index contributed by atoms with van der Waals surface area (Å²) in [6, 6.07) is 12.3. The van der Waals surface area contributed by atoms with Crippen LogP contribution in [0, 0.1) is 0 Å². The summed E-state index contributed by atoms with van der Waals surface area (Å²) in [7, 11) is 0. The molecule has 0 bridgehead atoms. The van der Waals surface area contributed by atoms with Crippen LogP contribution in [0.4, 0.5) is 0 Å². The Bertz CT molecular complexity index is 1090. The number of aliphatic hydroxyl groups is 1. The second kappa shape index (κ2) is 7.28. The Labute approximate surface area is 161 Å². The van der Waals surface area contributed by atoms with E-state index in [0.717, 1.165) is 16.5 Å². The lowest BCUT2D eigenvalue weighted by Crippen LogP contribution is -2.31. The molecular formula is C21H19N3O4. The molecule has 2 aromatic carbocycles. The predicted molar refractivity (Wildman–Crippen MR) is 103 cm³/mol. The summed E-state index contributed by atoms with van der Waals surface area (Å²) >= 11 is 0. The molecule has 28 heavy (non-hydrogen) atoms. The minimum Gasteiger partial charge on any atom is -0.395 e. The van der Waals surface area contributed by atoms with Crippen LogP contribution in [-0.2, 0) is 6.42 Å². The molecule has 3 N–H and O–H groups in total. The molecule has 3 aromatic rings. The second-order valence-corrected chi connectivity index (χ2v) is 6.61. The summed E-state index contributed by atoms with van der Waals surface area (Å²) in [6.07, 6.45) is 2.44. The Balaban J connectivity index is 1.52. The fourth-order valence-corrected chi connectivity index (χ4v) is 3.48. The van der Waals surface area contributed by atoms with Gasteiger partial charge in [0.1, 0.15) is 0 Å². The Morgan fingerprint density at radius 1 is 1.07 bits per heavy atom. The highest BCUT2D eigenvalue weighted by Gasteiger charge is 2.35. The predicted octanol–water partition coefficient (Wildman–Crippen LogP) is 1.73. The summed E-state index contributed by atoms with van der Waals surface area (Å²) < 4.78 is 0. The third kappa shape index (κ3) is 3.05. The average molecular weight is 377 g/mol. The van der Waals surface area contributed by atoms with Crippen LogP contribution in [0.3, 0.4) is 0 Å². The van der Waals surface area contributed by atoms with E-state index in [4.69, 9.17) is 5.11 Å². The number of rotatable bonds is 6. The first-order valence-electron chi connectivity index (χ1n) is 9.04. The molecule has 4 rings (SSSR count). The molecule has 0 unspecified atom stereocenters. The number of H-pyrrole nitrogens is 1. The second-order valence-electron chi connectivity index (χ2n) is 6.61. The zero-order valence-electron chi connectivity index (χ0n) is 15.1. The van der Waals surface area contributed by atoms with Gasteiger partial charge in [-0.1, -0.05) is 18.2 Å². The van der Waals surface area contributed by atoms with Crippen molar-refractivity contribution in [3.8, 4) is 0 Å². The number of para-hydroxylation sites is 1. The highest BCUT2D eigenvalue weighted by Crippen LogP contribution is 2.25. The number of aliphatic hydroxyl groups excluding tert-OH is 1. The van der Waals surface area contributed by atoms with Crippen molar-refractivity contribution in [1.82, 2.24) is 15.2 Å². The van der Waals surface area contributed by atoms with Crippen LogP contribution in [0.1, 0.15) is 36.6 Å². The van der Waals surface area contributed by atoms with E-state index in [1.807, 2.05) is 30.5 Å². The number of nitrogens with one attached hydrogen (secondary N) is 2. The lowest BCUT2D eigenvalue weighted by molar-refractivity contribution is 0.0656. The third-order valence-electron chi connectivity index (χ3n) is 4.91. The van der Waals surface area contributed by atoms with Gasteiger partial charge in [-0.15, -0.1) is 0 Å². The van der Waals surface area contributed by atoms with Crippen molar-refractivity contribution in [3.63, 3.8) is 0 Å². The average Bonchev–Trinajstić information content (AvgIpc) is 3.24. The van der Waals surface area contributed by atoms with Gasteiger partial charge in [-0.25, -0.2) is 0 Å². The van der Waals surface area contributed by atoms with Crippen molar-refractivity contribution in [3.05, 3.63) is 70.9 Å². The van der Waals surface area contributed by atoms with Gasteiger partial charge in [-0.05, 0) is 36.2 Å². The van der Waals surface area contributed by atoms with E-state index < -0.39 is 11.8 Å². The molecule has 3 amide bonds. The number of amides is 3. The van der Waals surface area contributed by atoms with Crippen LogP contribution in [0.2, 0.25) is 0 Å². The topological polar surface area (TPSA) is 102 Å². The van der Waals surface area contributed by atoms with Gasteiger partial charge in [0.2, 0.25) is 0 Å². The van der Waals surface area contributed by atoms with Gasteiger partial charge in [0.25, 0.3) is 17.7 Å². The minimum atomic E-state index is -0.394. The van der Waals surface area contributed by atoms with E-state index >= 15 is 0 Å². The molecule has 1 aliphatic rings. The molecule has 0 radical (unpaired) electrons. The fraction of sp³-hybridized carbons (Fsp3) is 0.190. The third-order valence-corrected chi connectivity index (χ3v) is 4.91. The van der Waals surface area contributed by atoms with Crippen molar-refractivity contribution >= 4 is 28.6 Å². The summed E-state index contributed by atoms with van der Waals surface area (Å²) in [5.41, 5.74) is 2.88. The first-order chi connectivity index (χ1) is 13.6. The first-order valence-corrected chi connectivity index (χ1v) is 9.04. The number of fused-ring (bicyclic) bond motifs is 2. The van der Waals surface area contributed by atoms with Crippen LogP contribution >= 0.6 is 0 Å². The SMILES string of the molecule is O=C(NCCO)c1ccc2c(c1)C(=O)N(CCc1c[nH]c3ccccc13)C2=O. The Morgan fingerprint density at radius 2 is 1.86 bits per heavy atom. The van der Waals surface area contributed by atoms with Crippen LogP contribution in [0.15, 0.2) is 48.7 Å². The monoisotopic (exact) mass is 377 g/mol. The van der Waals surface area contributed by atoms with Gasteiger partial charge < -0.3 is 15.4 Å². The molecule has 1 aliphatic heterocycles. The van der Waals surface area contributed by atoms with E-state index in [0.29, 0.717) is 12.0 Å². The van der Waals surface area contributed by atoms with Gasteiger partial charge in [-0.3, -0.25) is 19.3 Å². The van der Waals surface area contributed by atoms with E-state index in [1.165, 1.54) is 23.1 Å². The molecule has 0 saturated heterocycles. The molecule has 0 atom stereocenters. The highest BCUT2D eigenvalue weighted by molar-refractivity contribution is 6.22. The fourth-order valence-electron chi connectivity index (χ4n) is 3.48. The van der Waals surface area contributed by atoms with Crippen molar-refractivity contribution in [2.75, 3.05) is 19.7 Å². The molecule has 7 heteroatoms. The van der Waals surface area contributed by atoms with Crippen LogP contribution in [-0.4, -0.2) is 52.4 Å². The summed E-state index contributed by atoms with van der Waals surface area (Å²) in [4.78, 5) is 41.8. The molecule has 7 nitrogen and oxygen atoms in total. The molecule has 0 spiro atoms. The van der Waals surface area contributed by atoms with Crippen molar-refractivity contribution < 1.29 is 19.5 Å². The number of nitrogens with zero attached hydrogens (tertiary/aromatic N) is 1. The maximum Gasteiger partial charge on any atom is 0.261 e. The van der Waals surface area contributed by atoms with Crippen LogP contribution in [0.25, 0.3) is 10.9 Å². The molecule has 0 aliphatic carbocycles. The number of hydrogen-bond acceptors (Lipinski definition) is 4. The number of aromatic nitrogens is 1. The van der Waals surface area contributed by atoms with E-state index in [2.05, 4.69) is 10.3 Å². The number of benzene rings is 2. The smallest absolute Gasteiger partial charge is 0.261 e. The largest absolute Gasteiger partial charge is 0.395 e. The molecule has 1 aromatic heterocycles. The Kier molecular flexibility index (Phi) is 4.67. The van der Waals surface area contributed by atoms with E-state index in [-0.39, 0.29) is 36.7 Å². The molecule has 142 valence electrons. The van der Waals surface area contributed by atoms with Gasteiger partial charge in [0, 0.05) is 35.8 Å². The lowest BCUT2D eigenvalue weighted by Gasteiger charge is -2.13. The standard InChI is InChI=1S/C21H19N3O4/c25-10-8-22-19(26)13-5-6-16-17(11-13)21(28)24(20(16)27)9-7-14-12-23-18-4-2-1-3-15(14)18/h1-6,11-12,23,25H,7-10H2,(H,22,26). The van der Waals surface area contributed by atoms with Gasteiger partial charge in [-0.2, -0.15) is 0 Å². The van der Waals surface area contributed by atoms with Crippen molar-refractivity contribution in [1.29, 1.82) is 0 Å². The number of aromatic amines is 1. The van der Waals surface area contributed by atoms with Crippen molar-refractivity contribution in [2.24, 2.45) is 0 Å². The maximum atomic E-state index is 12.7. The molecular weight excluding hydrogens is 358 g/mol. The molecule has 2 heterocycles. The minimum absolute atomic E-state index is 0.125. The molecule has 0 fully saturated rings. The van der Waals surface area contributed by atoms with Crippen LogP contribution < -0.4 is 5.32 Å². The summed E-state index contributed by atoms with van der Waals surface area (Å²) in [5, 5.41) is 12.4. The summed E-state index contributed by atoms with van der Waals surface area (Å²) in [6.45, 7) is 0.218. The zero-order valence-corrected chi connectivity index (χ0v) is 15.1. The first kappa shape index (κ1) is 17.9. The van der Waals surface area contributed by atoms with Gasteiger partial charge >= 0.3 is 0 Å². The van der Waals surface area contributed by atoms with E-state index in [1.54, 1.807) is 0 Å². The summed E-state index contributed by atoms with van der Waals surface area (Å²) in [5.74, 6) is -1.13. The number of hydrogen-bond donors (Lipinski definition) is 3. The number of carbonyl (C=O) groups is 3. The maximum absolute atomic E-state index is 12.7. The number of carbonyl (C=O) groups excluding carboxylic acids is 3. The normalized spacial score (nSPS) is 13.2. The Morgan fingerprint density at radius 3 is 2.68 bits per heavy atom. The van der Waals surface area contributed by atoms with E-state index in [9.17, 15) is 14.4 Å². The van der Waals surface area contributed by atoms with Gasteiger partial charge in [0.15, 0.2) is 0 Å². The van der Waals surface area contributed by atoms with Crippen LogP contribution in [0.5, 0.6) is 0 Å². The van der Waals surface area contributed by atoms with Crippen molar-refractivity contribution in [2.45, 2.75) is 6.42 Å². The number of imide groups is 1. The van der Waals surface area contributed by atoms with Gasteiger partial charge in [0.05, 0.1) is 17.7 Å². The highest BCUT2D eigenvalue weighted by atomic mass is 16.3. The lowest BCUT2D eigenvalue weighted by atomic mass is 10.1. The molecule has 0 saturated carbocycles.